The lowest BCUT2D eigenvalue weighted by molar-refractivity contribution is -0.659. The molecule has 0 aliphatic carbocycles. The number of hydrogen-bond donors (Lipinski definition) is 0. The summed E-state index contributed by atoms with van der Waals surface area (Å²) in [5, 5.41) is 5.64. The van der Waals surface area contributed by atoms with E-state index >= 15 is 0 Å². The summed E-state index contributed by atoms with van der Waals surface area (Å²) in [5.74, 6) is 0. The number of hydrogen-bond acceptors (Lipinski definition) is 0. The number of rotatable bonds is 5. The van der Waals surface area contributed by atoms with Gasteiger partial charge in [0.05, 0.1) is 10.9 Å². The average molecular weight is 425 g/mol. The number of pyridine rings is 1. The molecule has 0 saturated carbocycles. The van der Waals surface area contributed by atoms with Gasteiger partial charge in [-0.3, -0.25) is 0 Å². The van der Waals surface area contributed by atoms with Crippen LogP contribution in [-0.2, 0) is 19.9 Å². The highest BCUT2D eigenvalue weighted by Gasteiger charge is 2.27. The molecule has 0 aliphatic heterocycles. The third-order valence-electron chi connectivity index (χ3n) is 6.97. The third-order valence-corrected chi connectivity index (χ3v) is 10.5. The van der Waals surface area contributed by atoms with Crippen LogP contribution in [0.15, 0.2) is 72.9 Å². The van der Waals surface area contributed by atoms with Gasteiger partial charge in [-0.15, -0.1) is 0 Å². The highest BCUT2D eigenvalue weighted by Crippen LogP contribution is 2.31. The molecule has 0 aliphatic rings. The molecule has 158 valence electrons. The standard InChI is InChI=1S/C29H34NSi/c1-7-22-18-23(8-2)21(3)28(19-22)29-27-15-14-26(20-24(27)16-17-30(29)4)31(5,6)25-12-10-9-11-13-25/h9-20H,7-8H2,1-6H3/q+1. The monoisotopic (exact) mass is 424 g/mol. The zero-order valence-corrected chi connectivity index (χ0v) is 20.8. The summed E-state index contributed by atoms with van der Waals surface area (Å²) in [4.78, 5) is 0. The van der Waals surface area contributed by atoms with Gasteiger partial charge in [0.15, 0.2) is 6.20 Å². The van der Waals surface area contributed by atoms with E-state index in [4.69, 9.17) is 0 Å². The molecule has 0 fully saturated rings. The highest BCUT2D eigenvalue weighted by molar-refractivity contribution is 7.00. The highest BCUT2D eigenvalue weighted by atomic mass is 28.3. The molecule has 0 unspecified atom stereocenters. The van der Waals surface area contributed by atoms with Gasteiger partial charge in [-0.2, -0.15) is 0 Å². The van der Waals surface area contributed by atoms with Crippen LogP contribution in [0, 0.1) is 6.92 Å². The van der Waals surface area contributed by atoms with E-state index in [1.54, 1.807) is 0 Å². The lowest BCUT2D eigenvalue weighted by Crippen LogP contribution is -2.52. The molecule has 4 aromatic rings. The Balaban J connectivity index is 1.93. The van der Waals surface area contributed by atoms with Crippen LogP contribution in [0.5, 0.6) is 0 Å². The Hall–Kier alpha value is -2.71. The van der Waals surface area contributed by atoms with Crippen LogP contribution >= 0.6 is 0 Å². The second kappa shape index (κ2) is 8.43. The molecule has 0 radical (unpaired) electrons. The summed E-state index contributed by atoms with van der Waals surface area (Å²) in [6, 6.07) is 25.3. The zero-order chi connectivity index (χ0) is 22.2. The first-order valence-corrected chi connectivity index (χ1v) is 14.5. The van der Waals surface area contributed by atoms with Crippen molar-refractivity contribution >= 4 is 29.2 Å². The number of nitrogens with zero attached hydrogens (tertiary/aromatic N) is 1. The maximum atomic E-state index is 2.45. The molecule has 2 heteroatoms. The largest absolute Gasteiger partial charge is 0.220 e. The molecule has 1 heterocycles. The van der Waals surface area contributed by atoms with E-state index in [0.29, 0.717) is 0 Å². The summed E-state index contributed by atoms with van der Waals surface area (Å²) in [7, 11) is 0.445. The van der Waals surface area contributed by atoms with E-state index < -0.39 is 8.07 Å². The minimum Gasteiger partial charge on any atom is -0.200 e. The maximum Gasteiger partial charge on any atom is 0.220 e. The molecule has 0 atom stereocenters. The van der Waals surface area contributed by atoms with Crippen molar-refractivity contribution in [2.24, 2.45) is 7.05 Å². The van der Waals surface area contributed by atoms with Crippen LogP contribution in [0.2, 0.25) is 13.1 Å². The quantitative estimate of drug-likeness (QED) is 0.290. The summed E-state index contributed by atoms with van der Waals surface area (Å²) in [6.45, 7) is 11.7. The molecular formula is C29H34NSi+. The van der Waals surface area contributed by atoms with Crippen LogP contribution in [-0.4, -0.2) is 8.07 Å². The van der Waals surface area contributed by atoms with Crippen molar-refractivity contribution in [1.82, 2.24) is 0 Å². The molecule has 0 bridgehead atoms. The Labute approximate surface area is 188 Å². The first-order chi connectivity index (χ1) is 14.9. The zero-order valence-electron chi connectivity index (χ0n) is 19.8. The van der Waals surface area contributed by atoms with E-state index in [1.807, 2.05) is 0 Å². The second-order valence-corrected chi connectivity index (χ2v) is 13.6. The van der Waals surface area contributed by atoms with Gasteiger partial charge in [0.25, 0.3) is 0 Å². The molecular weight excluding hydrogens is 390 g/mol. The molecule has 0 saturated heterocycles. The van der Waals surface area contributed by atoms with Gasteiger partial charge >= 0.3 is 0 Å². The second-order valence-electron chi connectivity index (χ2n) is 9.20. The number of benzene rings is 3. The minimum atomic E-state index is -1.73. The van der Waals surface area contributed by atoms with Crippen molar-refractivity contribution < 1.29 is 4.57 Å². The van der Waals surface area contributed by atoms with Gasteiger partial charge in [0.1, 0.15) is 15.1 Å². The van der Waals surface area contributed by atoms with Crippen molar-refractivity contribution in [2.75, 3.05) is 0 Å². The Bertz CT molecular complexity index is 1240. The van der Waals surface area contributed by atoms with Crippen molar-refractivity contribution in [3.05, 3.63) is 89.6 Å². The van der Waals surface area contributed by atoms with E-state index in [9.17, 15) is 0 Å². The van der Waals surface area contributed by atoms with Gasteiger partial charge in [0.2, 0.25) is 5.69 Å². The van der Waals surface area contributed by atoms with Crippen molar-refractivity contribution in [1.29, 1.82) is 0 Å². The van der Waals surface area contributed by atoms with Crippen LogP contribution in [0.25, 0.3) is 22.0 Å². The summed E-state index contributed by atoms with van der Waals surface area (Å²) in [6.07, 6.45) is 4.36. The molecule has 3 aromatic carbocycles. The molecule has 31 heavy (non-hydrogen) atoms. The molecule has 0 spiro atoms. The van der Waals surface area contributed by atoms with Crippen molar-refractivity contribution in [2.45, 2.75) is 46.7 Å². The maximum absolute atomic E-state index is 2.45. The third kappa shape index (κ3) is 3.85. The Morgan fingerprint density at radius 2 is 1.55 bits per heavy atom. The predicted octanol–water partition coefficient (Wildman–Crippen LogP) is 5.59. The predicted molar refractivity (Wildman–Crippen MR) is 137 cm³/mol. The van der Waals surface area contributed by atoms with E-state index in [2.05, 4.69) is 118 Å². The lowest BCUT2D eigenvalue weighted by Gasteiger charge is -2.24. The van der Waals surface area contributed by atoms with Crippen molar-refractivity contribution in [3.8, 4) is 11.3 Å². The van der Waals surface area contributed by atoms with Gasteiger partial charge in [0, 0.05) is 6.07 Å². The van der Waals surface area contributed by atoms with Crippen LogP contribution in [0.1, 0.15) is 30.5 Å². The summed E-state index contributed by atoms with van der Waals surface area (Å²) in [5.41, 5.74) is 6.98. The Morgan fingerprint density at radius 1 is 0.806 bits per heavy atom. The minimum absolute atomic E-state index is 1.07. The Kier molecular flexibility index (Phi) is 5.85. The fourth-order valence-electron chi connectivity index (χ4n) is 4.78. The topological polar surface area (TPSA) is 3.88 Å². The van der Waals surface area contributed by atoms with Crippen LogP contribution < -0.4 is 14.9 Å². The van der Waals surface area contributed by atoms with Gasteiger partial charge in [-0.25, -0.2) is 4.57 Å². The van der Waals surface area contributed by atoms with Crippen LogP contribution in [0.4, 0.5) is 0 Å². The molecule has 0 amide bonds. The fraction of sp³-hybridized carbons (Fsp3) is 0.276. The van der Waals surface area contributed by atoms with Gasteiger partial charge < -0.3 is 0 Å². The number of fused-ring (bicyclic) bond motifs is 1. The average Bonchev–Trinajstić information content (AvgIpc) is 2.79. The smallest absolute Gasteiger partial charge is 0.200 e. The van der Waals surface area contributed by atoms with E-state index in [-0.39, 0.29) is 0 Å². The lowest BCUT2D eigenvalue weighted by atomic mass is 9.92. The van der Waals surface area contributed by atoms with Crippen LogP contribution in [0.3, 0.4) is 0 Å². The summed E-state index contributed by atoms with van der Waals surface area (Å²) >= 11 is 0. The molecule has 1 nitrogen and oxygen atoms in total. The van der Waals surface area contributed by atoms with E-state index in [0.717, 1.165) is 12.8 Å². The van der Waals surface area contributed by atoms with Crippen molar-refractivity contribution in [3.63, 3.8) is 0 Å². The normalized spacial score (nSPS) is 11.8. The first-order valence-electron chi connectivity index (χ1n) is 11.5. The fourth-order valence-corrected chi connectivity index (χ4v) is 7.15. The Morgan fingerprint density at radius 3 is 2.23 bits per heavy atom. The SMILES string of the molecule is CCc1cc(CC)c(C)c(-c2c3ccc([Si](C)(C)c4ccccc4)cc3cc[n+]2C)c1. The number of aryl methyl sites for hydroxylation is 3. The molecule has 0 N–H and O–H groups in total. The summed E-state index contributed by atoms with van der Waals surface area (Å²) < 4.78 is 2.29. The molecule has 4 rings (SSSR count). The first kappa shape index (κ1) is 21.5. The van der Waals surface area contributed by atoms with E-state index in [1.165, 1.54) is 49.1 Å². The van der Waals surface area contributed by atoms with Gasteiger partial charge in [-0.1, -0.05) is 85.8 Å². The molecule has 1 aromatic heterocycles. The van der Waals surface area contributed by atoms with Gasteiger partial charge in [-0.05, 0) is 54.0 Å². The number of aromatic nitrogens is 1.